The van der Waals surface area contributed by atoms with Crippen molar-refractivity contribution in [3.8, 4) is 5.75 Å². The molecule has 1 fully saturated rings. The molecular formula is C15H21FN2O2. The lowest BCUT2D eigenvalue weighted by molar-refractivity contribution is 0.167. The molecule has 0 saturated carbocycles. The van der Waals surface area contributed by atoms with Crippen molar-refractivity contribution in [1.29, 1.82) is 0 Å². The molecule has 1 atom stereocenters. The average Bonchev–Trinajstić information content (AvgIpc) is 2.43. The van der Waals surface area contributed by atoms with Crippen molar-refractivity contribution in [2.24, 2.45) is 5.92 Å². The Labute approximate surface area is 118 Å². The minimum absolute atomic E-state index is 0.0422. The van der Waals surface area contributed by atoms with Crippen molar-refractivity contribution >= 4 is 6.03 Å². The molecule has 2 amide bonds. The second-order valence-electron chi connectivity index (χ2n) is 5.23. The van der Waals surface area contributed by atoms with Gasteiger partial charge in [-0.05, 0) is 30.9 Å². The van der Waals surface area contributed by atoms with Crippen molar-refractivity contribution in [2.45, 2.75) is 19.8 Å². The number of amides is 2. The lowest BCUT2D eigenvalue weighted by atomic mass is 10.0. The standard InChI is InChI=1S/C15H21FN2O2/c1-12-4-3-8-18(11-12)15(19)17-7-9-20-14-6-2-5-13(16)10-14/h2,5-6,10,12H,3-4,7-9,11H2,1H3,(H,17,19). The smallest absolute Gasteiger partial charge is 0.317 e. The van der Waals surface area contributed by atoms with E-state index >= 15 is 0 Å². The van der Waals surface area contributed by atoms with E-state index in [1.807, 2.05) is 4.90 Å². The minimum atomic E-state index is -0.325. The third kappa shape index (κ3) is 4.40. The number of urea groups is 1. The Kier molecular flexibility index (Phi) is 5.21. The summed E-state index contributed by atoms with van der Waals surface area (Å²) in [5.74, 6) is 0.720. The number of benzene rings is 1. The molecule has 2 rings (SSSR count). The van der Waals surface area contributed by atoms with Crippen LogP contribution in [0.4, 0.5) is 9.18 Å². The molecule has 1 heterocycles. The number of piperidine rings is 1. The Morgan fingerprint density at radius 1 is 1.55 bits per heavy atom. The van der Waals surface area contributed by atoms with E-state index in [1.54, 1.807) is 12.1 Å². The van der Waals surface area contributed by atoms with Gasteiger partial charge in [0, 0.05) is 19.2 Å². The number of ether oxygens (including phenoxy) is 1. The SMILES string of the molecule is CC1CCCN(C(=O)NCCOc2cccc(F)c2)C1. The van der Waals surface area contributed by atoms with Crippen molar-refractivity contribution < 1.29 is 13.9 Å². The predicted molar refractivity (Wildman–Crippen MR) is 75.3 cm³/mol. The number of hydrogen-bond acceptors (Lipinski definition) is 2. The zero-order valence-corrected chi connectivity index (χ0v) is 11.8. The van der Waals surface area contributed by atoms with Crippen molar-refractivity contribution in [1.82, 2.24) is 10.2 Å². The molecule has 1 aromatic carbocycles. The monoisotopic (exact) mass is 280 g/mol. The van der Waals surface area contributed by atoms with Crippen LogP contribution in [-0.2, 0) is 0 Å². The normalized spacial score (nSPS) is 18.7. The molecule has 110 valence electrons. The Morgan fingerprint density at radius 2 is 2.40 bits per heavy atom. The molecule has 1 saturated heterocycles. The fraction of sp³-hybridized carbons (Fsp3) is 0.533. The Balaban J connectivity index is 1.66. The number of likely N-dealkylation sites (tertiary alicyclic amines) is 1. The van der Waals surface area contributed by atoms with Crippen LogP contribution >= 0.6 is 0 Å². The number of hydrogen-bond donors (Lipinski definition) is 1. The van der Waals surface area contributed by atoms with Gasteiger partial charge in [0.15, 0.2) is 0 Å². The molecule has 1 aromatic rings. The zero-order chi connectivity index (χ0) is 14.4. The highest BCUT2D eigenvalue weighted by molar-refractivity contribution is 5.74. The van der Waals surface area contributed by atoms with E-state index in [0.29, 0.717) is 24.8 Å². The maximum Gasteiger partial charge on any atom is 0.317 e. The number of carbonyl (C=O) groups is 1. The molecule has 0 bridgehead atoms. The summed E-state index contributed by atoms with van der Waals surface area (Å²) in [6.07, 6.45) is 2.25. The summed E-state index contributed by atoms with van der Waals surface area (Å²) in [6.45, 7) is 4.54. The van der Waals surface area contributed by atoms with Gasteiger partial charge in [0.25, 0.3) is 0 Å². The van der Waals surface area contributed by atoms with E-state index in [2.05, 4.69) is 12.2 Å². The van der Waals surface area contributed by atoms with Gasteiger partial charge in [-0.2, -0.15) is 0 Å². The summed E-state index contributed by atoms with van der Waals surface area (Å²) in [6, 6.07) is 5.94. The molecule has 5 heteroatoms. The number of rotatable bonds is 4. The molecule has 20 heavy (non-hydrogen) atoms. The molecule has 0 radical (unpaired) electrons. The summed E-state index contributed by atoms with van der Waals surface area (Å²) >= 11 is 0. The maximum atomic E-state index is 12.9. The number of halogens is 1. The first-order valence-corrected chi connectivity index (χ1v) is 7.06. The highest BCUT2D eigenvalue weighted by Crippen LogP contribution is 2.15. The molecule has 1 unspecified atom stereocenters. The van der Waals surface area contributed by atoms with Crippen molar-refractivity contribution in [3.63, 3.8) is 0 Å². The summed E-state index contributed by atoms with van der Waals surface area (Å²) in [4.78, 5) is 13.8. The summed E-state index contributed by atoms with van der Waals surface area (Å²) in [5, 5.41) is 2.83. The van der Waals surface area contributed by atoms with E-state index in [4.69, 9.17) is 4.74 Å². The molecule has 1 aliphatic rings. The lowest BCUT2D eigenvalue weighted by Gasteiger charge is -2.30. The van der Waals surface area contributed by atoms with Crippen LogP contribution < -0.4 is 10.1 Å². The fourth-order valence-electron chi connectivity index (χ4n) is 2.37. The largest absolute Gasteiger partial charge is 0.492 e. The summed E-state index contributed by atoms with van der Waals surface area (Å²) in [7, 11) is 0. The van der Waals surface area contributed by atoms with Gasteiger partial charge in [-0.1, -0.05) is 13.0 Å². The maximum absolute atomic E-state index is 12.9. The molecule has 0 spiro atoms. The van der Waals surface area contributed by atoms with E-state index in [0.717, 1.165) is 19.5 Å². The van der Waals surface area contributed by atoms with Gasteiger partial charge >= 0.3 is 6.03 Å². The first-order chi connectivity index (χ1) is 9.65. The number of nitrogens with one attached hydrogen (secondary N) is 1. The Bertz CT molecular complexity index is 453. The van der Waals surface area contributed by atoms with Gasteiger partial charge in [0.1, 0.15) is 18.2 Å². The van der Waals surface area contributed by atoms with Crippen LogP contribution in [0.25, 0.3) is 0 Å². The van der Waals surface area contributed by atoms with Gasteiger partial charge in [0.2, 0.25) is 0 Å². The molecule has 1 aliphatic heterocycles. The van der Waals surface area contributed by atoms with Gasteiger partial charge < -0.3 is 15.0 Å². The topological polar surface area (TPSA) is 41.6 Å². The third-order valence-corrected chi connectivity index (χ3v) is 3.39. The van der Waals surface area contributed by atoms with Crippen LogP contribution in [0.2, 0.25) is 0 Å². The molecule has 0 aromatic heterocycles. The van der Waals surface area contributed by atoms with E-state index < -0.39 is 0 Å². The number of nitrogens with zero attached hydrogens (tertiary/aromatic N) is 1. The second-order valence-corrected chi connectivity index (χ2v) is 5.23. The highest BCUT2D eigenvalue weighted by Gasteiger charge is 2.20. The van der Waals surface area contributed by atoms with E-state index in [-0.39, 0.29) is 11.8 Å². The minimum Gasteiger partial charge on any atom is -0.492 e. The number of carbonyl (C=O) groups excluding carboxylic acids is 1. The van der Waals surface area contributed by atoms with Gasteiger partial charge in [0.05, 0.1) is 6.54 Å². The van der Waals surface area contributed by atoms with Crippen LogP contribution in [0, 0.1) is 11.7 Å². The van der Waals surface area contributed by atoms with Crippen LogP contribution in [0.15, 0.2) is 24.3 Å². The van der Waals surface area contributed by atoms with Gasteiger partial charge in [-0.25, -0.2) is 9.18 Å². The summed E-state index contributed by atoms with van der Waals surface area (Å²) in [5.41, 5.74) is 0. The zero-order valence-electron chi connectivity index (χ0n) is 11.8. The first kappa shape index (κ1) is 14.6. The van der Waals surface area contributed by atoms with Gasteiger partial charge in [-0.15, -0.1) is 0 Å². The van der Waals surface area contributed by atoms with Crippen molar-refractivity contribution in [3.05, 3.63) is 30.1 Å². The average molecular weight is 280 g/mol. The van der Waals surface area contributed by atoms with Crippen molar-refractivity contribution in [2.75, 3.05) is 26.2 Å². The second kappa shape index (κ2) is 7.12. The Morgan fingerprint density at radius 3 is 3.15 bits per heavy atom. The van der Waals surface area contributed by atoms with Crippen LogP contribution in [0.3, 0.4) is 0 Å². The predicted octanol–water partition coefficient (Wildman–Crippen LogP) is 2.65. The van der Waals surface area contributed by atoms with E-state index in [1.165, 1.54) is 18.6 Å². The Hall–Kier alpha value is -1.78. The molecule has 1 N–H and O–H groups in total. The molecule has 4 nitrogen and oxygen atoms in total. The third-order valence-electron chi connectivity index (χ3n) is 3.39. The first-order valence-electron chi connectivity index (χ1n) is 7.06. The fourth-order valence-corrected chi connectivity index (χ4v) is 2.37. The summed E-state index contributed by atoms with van der Waals surface area (Å²) < 4.78 is 18.3. The van der Waals surface area contributed by atoms with Gasteiger partial charge in [-0.3, -0.25) is 0 Å². The van der Waals surface area contributed by atoms with E-state index in [9.17, 15) is 9.18 Å². The van der Waals surface area contributed by atoms with Crippen LogP contribution in [0.5, 0.6) is 5.75 Å². The van der Waals surface area contributed by atoms with Crippen LogP contribution in [0.1, 0.15) is 19.8 Å². The molecule has 0 aliphatic carbocycles. The quantitative estimate of drug-likeness (QED) is 0.861. The van der Waals surface area contributed by atoms with Crippen LogP contribution in [-0.4, -0.2) is 37.2 Å². The lowest BCUT2D eigenvalue weighted by Crippen LogP contribution is -2.45. The highest BCUT2D eigenvalue weighted by atomic mass is 19.1. The molecular weight excluding hydrogens is 259 g/mol.